The number of nitrogens with zero attached hydrogens (tertiary/aromatic N) is 1. The smallest absolute Gasteiger partial charge is 0.178 e. The number of fused-ring (bicyclic) bond motifs is 1. The van der Waals surface area contributed by atoms with Gasteiger partial charge in [0, 0.05) is 11.6 Å². The van der Waals surface area contributed by atoms with E-state index in [-0.39, 0.29) is 6.29 Å². The van der Waals surface area contributed by atoms with E-state index < -0.39 is 5.83 Å². The average Bonchev–Trinajstić information content (AvgIpc) is 2.29. The molecule has 74 valence electrons. The summed E-state index contributed by atoms with van der Waals surface area (Å²) in [7, 11) is 0. The monoisotopic (exact) mass is 201 g/mol. The highest BCUT2D eigenvalue weighted by Gasteiger charge is 1.96. The van der Waals surface area contributed by atoms with Gasteiger partial charge in [-0.1, -0.05) is 18.2 Å². The second-order valence-electron chi connectivity index (χ2n) is 3.11. The first-order chi connectivity index (χ1) is 7.29. The summed E-state index contributed by atoms with van der Waals surface area (Å²) in [6, 6.07) is 9.31. The Balaban J connectivity index is 2.52. The van der Waals surface area contributed by atoms with E-state index in [9.17, 15) is 9.18 Å². The largest absolute Gasteiger partial charge is 0.295 e. The van der Waals surface area contributed by atoms with Crippen LogP contribution in [0.15, 0.2) is 42.4 Å². The van der Waals surface area contributed by atoms with Gasteiger partial charge in [0.25, 0.3) is 0 Å². The van der Waals surface area contributed by atoms with Gasteiger partial charge in [0.05, 0.1) is 5.52 Å². The number of carbonyl (C=O) groups excluding carboxylic acids is 1. The fourth-order valence-electron chi connectivity index (χ4n) is 1.36. The number of allylic oxidation sites excluding steroid dienone is 1. The summed E-state index contributed by atoms with van der Waals surface area (Å²) in [5, 5.41) is 0.921. The zero-order chi connectivity index (χ0) is 10.7. The molecule has 0 atom stereocenters. The number of pyridine rings is 1. The Kier molecular flexibility index (Phi) is 2.54. The molecule has 2 aromatic rings. The maximum absolute atomic E-state index is 12.7. The number of hydrogen-bond acceptors (Lipinski definition) is 2. The van der Waals surface area contributed by atoms with Crippen LogP contribution >= 0.6 is 0 Å². The number of hydrogen-bond donors (Lipinski definition) is 0. The molecule has 0 aliphatic rings. The number of carbonyl (C=O) groups is 1. The lowest BCUT2D eigenvalue weighted by atomic mass is 10.1. The fraction of sp³-hybridized carbons (Fsp3) is 0. The van der Waals surface area contributed by atoms with Gasteiger partial charge < -0.3 is 0 Å². The predicted molar refractivity (Wildman–Crippen MR) is 56.9 cm³/mol. The Labute approximate surface area is 86.1 Å². The Morgan fingerprint density at radius 3 is 2.93 bits per heavy atom. The van der Waals surface area contributed by atoms with Crippen LogP contribution in [0.3, 0.4) is 0 Å². The molecule has 3 heteroatoms. The molecule has 0 spiro atoms. The van der Waals surface area contributed by atoms with Crippen molar-refractivity contribution in [3.63, 3.8) is 0 Å². The van der Waals surface area contributed by atoms with Crippen molar-refractivity contribution in [1.29, 1.82) is 0 Å². The molecule has 0 aliphatic carbocycles. The zero-order valence-corrected chi connectivity index (χ0v) is 7.85. The van der Waals surface area contributed by atoms with Gasteiger partial charge in [-0.25, -0.2) is 4.39 Å². The van der Waals surface area contributed by atoms with E-state index >= 15 is 0 Å². The summed E-state index contributed by atoms with van der Waals surface area (Å²) in [6.45, 7) is 0. The first kappa shape index (κ1) is 9.52. The standard InChI is InChI=1S/C12H8FNO/c13-11(8-15)6-9-5-10-3-1-2-4-12(10)14-7-9/h1-8H. The summed E-state index contributed by atoms with van der Waals surface area (Å²) >= 11 is 0. The topological polar surface area (TPSA) is 30.0 Å². The average molecular weight is 201 g/mol. The van der Waals surface area contributed by atoms with Crippen LogP contribution in [-0.4, -0.2) is 11.3 Å². The Morgan fingerprint density at radius 2 is 2.13 bits per heavy atom. The van der Waals surface area contributed by atoms with Gasteiger partial charge in [-0.2, -0.15) is 0 Å². The maximum atomic E-state index is 12.7. The molecule has 1 aromatic heterocycles. The van der Waals surface area contributed by atoms with Crippen LogP contribution in [0.2, 0.25) is 0 Å². The van der Waals surface area contributed by atoms with Crippen LogP contribution in [0, 0.1) is 0 Å². The van der Waals surface area contributed by atoms with Gasteiger partial charge in [-0.15, -0.1) is 0 Å². The maximum Gasteiger partial charge on any atom is 0.178 e. The number of para-hydroxylation sites is 1. The van der Waals surface area contributed by atoms with Crippen LogP contribution in [0.25, 0.3) is 17.0 Å². The van der Waals surface area contributed by atoms with Crippen LogP contribution < -0.4 is 0 Å². The van der Waals surface area contributed by atoms with E-state index in [2.05, 4.69) is 4.98 Å². The predicted octanol–water partition coefficient (Wildman–Crippen LogP) is 2.74. The summed E-state index contributed by atoms with van der Waals surface area (Å²) in [5.41, 5.74) is 1.43. The van der Waals surface area contributed by atoms with Crippen LogP contribution in [-0.2, 0) is 4.79 Å². The molecular weight excluding hydrogens is 193 g/mol. The number of aromatic nitrogens is 1. The molecule has 0 saturated heterocycles. The number of aldehydes is 1. The number of halogens is 1. The van der Waals surface area contributed by atoms with E-state index in [1.165, 1.54) is 6.20 Å². The molecule has 0 unspecified atom stereocenters. The van der Waals surface area contributed by atoms with Crippen molar-refractivity contribution >= 4 is 23.3 Å². The molecule has 2 rings (SSSR count). The minimum atomic E-state index is -0.799. The number of benzene rings is 1. The van der Waals surface area contributed by atoms with E-state index in [4.69, 9.17) is 0 Å². The molecule has 1 aromatic carbocycles. The number of rotatable bonds is 2. The third-order valence-corrected chi connectivity index (χ3v) is 2.03. The van der Waals surface area contributed by atoms with Crippen molar-refractivity contribution in [1.82, 2.24) is 4.98 Å². The third kappa shape index (κ3) is 2.07. The minimum absolute atomic E-state index is 0.176. The van der Waals surface area contributed by atoms with E-state index in [1.807, 2.05) is 24.3 Å². The Bertz CT molecular complexity index is 534. The molecule has 0 N–H and O–H groups in total. The van der Waals surface area contributed by atoms with Gasteiger partial charge in [0.2, 0.25) is 0 Å². The van der Waals surface area contributed by atoms with Gasteiger partial charge >= 0.3 is 0 Å². The molecule has 0 amide bonds. The van der Waals surface area contributed by atoms with Crippen molar-refractivity contribution in [2.45, 2.75) is 0 Å². The summed E-state index contributed by atoms with van der Waals surface area (Å²) in [4.78, 5) is 14.3. The lowest BCUT2D eigenvalue weighted by molar-refractivity contribution is -0.106. The summed E-state index contributed by atoms with van der Waals surface area (Å²) in [6.07, 6.45) is 2.87. The first-order valence-corrected chi connectivity index (χ1v) is 4.47. The van der Waals surface area contributed by atoms with E-state index in [0.717, 1.165) is 17.0 Å². The summed E-state index contributed by atoms with van der Waals surface area (Å²) in [5.74, 6) is -0.799. The van der Waals surface area contributed by atoms with Crippen molar-refractivity contribution in [2.75, 3.05) is 0 Å². The quantitative estimate of drug-likeness (QED) is 0.552. The van der Waals surface area contributed by atoms with Gasteiger partial charge in [-0.3, -0.25) is 9.78 Å². The Morgan fingerprint density at radius 1 is 1.33 bits per heavy atom. The molecule has 1 heterocycles. The SMILES string of the molecule is O=CC(F)=Cc1cnc2ccccc2c1. The lowest BCUT2D eigenvalue weighted by Gasteiger charge is -1.97. The second kappa shape index (κ2) is 4.00. The molecule has 0 fully saturated rings. The Hall–Kier alpha value is -2.03. The molecule has 0 bridgehead atoms. The molecule has 15 heavy (non-hydrogen) atoms. The second-order valence-corrected chi connectivity index (χ2v) is 3.11. The van der Waals surface area contributed by atoms with Crippen molar-refractivity contribution in [2.24, 2.45) is 0 Å². The third-order valence-electron chi connectivity index (χ3n) is 2.03. The van der Waals surface area contributed by atoms with E-state index in [1.54, 1.807) is 6.07 Å². The van der Waals surface area contributed by atoms with Crippen LogP contribution in [0.1, 0.15) is 5.56 Å². The molecule has 0 saturated carbocycles. The molecule has 0 radical (unpaired) electrons. The van der Waals surface area contributed by atoms with Crippen molar-refractivity contribution in [3.05, 3.63) is 47.9 Å². The zero-order valence-electron chi connectivity index (χ0n) is 7.85. The van der Waals surface area contributed by atoms with Crippen LogP contribution in [0.5, 0.6) is 0 Å². The van der Waals surface area contributed by atoms with Gasteiger partial charge in [0.15, 0.2) is 12.1 Å². The summed E-state index contributed by atoms with van der Waals surface area (Å²) < 4.78 is 12.7. The molecule has 2 nitrogen and oxygen atoms in total. The highest BCUT2D eigenvalue weighted by molar-refractivity contribution is 5.83. The molecular formula is C12H8FNO. The fourth-order valence-corrected chi connectivity index (χ4v) is 1.36. The normalized spacial score (nSPS) is 11.7. The lowest BCUT2D eigenvalue weighted by Crippen LogP contribution is -1.82. The van der Waals surface area contributed by atoms with Crippen molar-refractivity contribution in [3.8, 4) is 0 Å². The highest BCUT2D eigenvalue weighted by atomic mass is 19.1. The van der Waals surface area contributed by atoms with Gasteiger partial charge in [-0.05, 0) is 23.8 Å². The van der Waals surface area contributed by atoms with Gasteiger partial charge in [0.1, 0.15) is 0 Å². The van der Waals surface area contributed by atoms with Crippen LogP contribution in [0.4, 0.5) is 4.39 Å². The van der Waals surface area contributed by atoms with Crippen molar-refractivity contribution < 1.29 is 9.18 Å². The molecule has 0 aliphatic heterocycles. The van der Waals surface area contributed by atoms with E-state index in [0.29, 0.717) is 5.56 Å². The first-order valence-electron chi connectivity index (χ1n) is 4.47. The highest BCUT2D eigenvalue weighted by Crippen LogP contribution is 2.14. The minimum Gasteiger partial charge on any atom is -0.295 e.